The van der Waals surface area contributed by atoms with Gasteiger partial charge in [-0.2, -0.15) is 0 Å². The van der Waals surface area contributed by atoms with Gasteiger partial charge in [-0.25, -0.2) is 0 Å². The molecule has 0 aliphatic carbocycles. The van der Waals surface area contributed by atoms with E-state index >= 15 is 0 Å². The van der Waals surface area contributed by atoms with Crippen LogP contribution in [0.2, 0.25) is 0 Å². The summed E-state index contributed by atoms with van der Waals surface area (Å²) in [6.07, 6.45) is 0. The molecule has 0 amide bonds. The third kappa shape index (κ3) is 3.24. The van der Waals surface area contributed by atoms with E-state index in [1.54, 1.807) is 0 Å². The van der Waals surface area contributed by atoms with Crippen molar-refractivity contribution < 1.29 is 5.21 Å². The van der Waals surface area contributed by atoms with Gasteiger partial charge in [-0.05, 0) is 26.3 Å². The molecule has 0 bridgehead atoms. The number of aryl methyl sites for hydroxylation is 1. The van der Waals surface area contributed by atoms with Crippen LogP contribution >= 0.6 is 0 Å². The molecule has 2 atom stereocenters. The smallest absolute Gasteiger partial charge is 0.156 e. The van der Waals surface area contributed by atoms with E-state index in [0.717, 1.165) is 0 Å². The summed E-state index contributed by atoms with van der Waals surface area (Å²) in [6, 6.07) is 8.30. The normalized spacial score (nSPS) is 15.8. The number of nitrogens with zero attached hydrogens (tertiary/aromatic N) is 1. The van der Waals surface area contributed by atoms with Crippen LogP contribution in [0.25, 0.3) is 0 Å². The molecule has 1 unspecified atom stereocenters. The second-order valence-corrected chi connectivity index (χ2v) is 4.05. The lowest BCUT2D eigenvalue weighted by Gasteiger charge is -2.19. The SMILES string of the molecule is Cc1ccc([C@H](C)NC(C)/C(N)=N/O)cc1. The van der Waals surface area contributed by atoms with Gasteiger partial charge in [-0.15, -0.1) is 0 Å². The molecule has 0 aromatic heterocycles. The molecule has 0 aliphatic rings. The van der Waals surface area contributed by atoms with Crippen LogP contribution in [0.4, 0.5) is 0 Å². The Morgan fingerprint density at radius 1 is 1.31 bits per heavy atom. The Balaban J connectivity index is 2.65. The van der Waals surface area contributed by atoms with Gasteiger partial charge in [0, 0.05) is 6.04 Å². The fourth-order valence-electron chi connectivity index (χ4n) is 1.50. The number of nitrogens with one attached hydrogen (secondary N) is 1. The van der Waals surface area contributed by atoms with E-state index in [9.17, 15) is 0 Å². The highest BCUT2D eigenvalue weighted by Crippen LogP contribution is 2.13. The molecule has 1 aromatic carbocycles. The molecule has 0 radical (unpaired) electrons. The van der Waals surface area contributed by atoms with Gasteiger partial charge in [0.05, 0.1) is 6.04 Å². The predicted octanol–water partition coefficient (Wildman–Crippen LogP) is 1.78. The molecule has 0 saturated heterocycles. The molecule has 1 aromatic rings. The Kier molecular flexibility index (Phi) is 4.31. The van der Waals surface area contributed by atoms with Crippen molar-refractivity contribution in [3.63, 3.8) is 0 Å². The Morgan fingerprint density at radius 3 is 2.38 bits per heavy atom. The summed E-state index contributed by atoms with van der Waals surface area (Å²) < 4.78 is 0. The maximum atomic E-state index is 8.55. The highest BCUT2D eigenvalue weighted by molar-refractivity contribution is 5.84. The zero-order valence-corrected chi connectivity index (χ0v) is 9.94. The van der Waals surface area contributed by atoms with Crippen molar-refractivity contribution in [3.8, 4) is 0 Å². The van der Waals surface area contributed by atoms with Crippen molar-refractivity contribution in [3.05, 3.63) is 35.4 Å². The Bertz CT molecular complexity index is 359. The van der Waals surface area contributed by atoms with Crippen LogP contribution in [0.3, 0.4) is 0 Å². The Morgan fingerprint density at radius 2 is 1.88 bits per heavy atom. The van der Waals surface area contributed by atoms with E-state index in [1.165, 1.54) is 11.1 Å². The average Bonchev–Trinajstić information content (AvgIpc) is 2.28. The van der Waals surface area contributed by atoms with Gasteiger partial charge in [0.15, 0.2) is 5.84 Å². The highest BCUT2D eigenvalue weighted by Gasteiger charge is 2.12. The van der Waals surface area contributed by atoms with Crippen LogP contribution in [0, 0.1) is 6.92 Å². The van der Waals surface area contributed by atoms with Gasteiger partial charge in [0.1, 0.15) is 0 Å². The first kappa shape index (κ1) is 12.5. The summed E-state index contributed by atoms with van der Waals surface area (Å²) in [5.41, 5.74) is 7.92. The molecule has 1 rings (SSSR count). The summed E-state index contributed by atoms with van der Waals surface area (Å²) >= 11 is 0. The van der Waals surface area contributed by atoms with Crippen molar-refractivity contribution >= 4 is 5.84 Å². The van der Waals surface area contributed by atoms with Crippen LogP contribution in [0.1, 0.15) is 31.0 Å². The van der Waals surface area contributed by atoms with Crippen molar-refractivity contribution in [1.82, 2.24) is 5.32 Å². The standard InChI is InChI=1S/C12H19N3O/c1-8-4-6-11(7-5-8)9(2)14-10(3)12(13)15-16/h4-7,9-10,14,16H,1-3H3,(H2,13,15)/t9-,10?/m0/s1. The number of nitrogens with two attached hydrogens (primary N) is 1. The molecule has 0 spiro atoms. The van der Waals surface area contributed by atoms with Crippen LogP contribution in [0.15, 0.2) is 29.4 Å². The minimum atomic E-state index is -0.152. The number of hydrogen-bond donors (Lipinski definition) is 3. The van der Waals surface area contributed by atoms with Crippen molar-refractivity contribution in [1.29, 1.82) is 0 Å². The number of benzene rings is 1. The summed E-state index contributed by atoms with van der Waals surface area (Å²) in [5.74, 6) is 0.193. The largest absolute Gasteiger partial charge is 0.409 e. The van der Waals surface area contributed by atoms with E-state index < -0.39 is 0 Å². The third-order valence-electron chi connectivity index (χ3n) is 2.64. The van der Waals surface area contributed by atoms with Crippen LogP contribution in [-0.4, -0.2) is 17.1 Å². The lowest BCUT2D eigenvalue weighted by molar-refractivity contribution is 0.314. The Labute approximate surface area is 96.2 Å². The van der Waals surface area contributed by atoms with E-state index in [2.05, 4.69) is 41.7 Å². The fourth-order valence-corrected chi connectivity index (χ4v) is 1.50. The van der Waals surface area contributed by atoms with Gasteiger partial charge in [-0.3, -0.25) is 0 Å². The summed E-state index contributed by atoms with van der Waals surface area (Å²) in [5, 5.41) is 14.8. The summed E-state index contributed by atoms with van der Waals surface area (Å²) in [4.78, 5) is 0. The molecule has 16 heavy (non-hydrogen) atoms. The number of rotatable bonds is 4. The molecular weight excluding hydrogens is 202 g/mol. The minimum absolute atomic E-state index is 0.152. The number of hydrogen-bond acceptors (Lipinski definition) is 3. The predicted molar refractivity (Wildman–Crippen MR) is 65.6 cm³/mol. The first-order valence-electron chi connectivity index (χ1n) is 5.34. The zero-order valence-electron chi connectivity index (χ0n) is 9.94. The van der Waals surface area contributed by atoms with Gasteiger partial charge < -0.3 is 16.3 Å². The van der Waals surface area contributed by atoms with Gasteiger partial charge in [0.2, 0.25) is 0 Å². The van der Waals surface area contributed by atoms with Crippen molar-refractivity contribution in [2.24, 2.45) is 10.9 Å². The van der Waals surface area contributed by atoms with E-state index in [0.29, 0.717) is 0 Å². The first-order chi connectivity index (χ1) is 7.54. The van der Waals surface area contributed by atoms with E-state index in [1.807, 2.05) is 13.8 Å². The van der Waals surface area contributed by atoms with Crippen LogP contribution < -0.4 is 11.1 Å². The molecule has 4 heteroatoms. The van der Waals surface area contributed by atoms with E-state index in [-0.39, 0.29) is 17.9 Å². The first-order valence-corrected chi connectivity index (χ1v) is 5.34. The molecule has 0 saturated carbocycles. The van der Waals surface area contributed by atoms with Crippen LogP contribution in [0.5, 0.6) is 0 Å². The van der Waals surface area contributed by atoms with Crippen LogP contribution in [-0.2, 0) is 0 Å². The summed E-state index contributed by atoms with van der Waals surface area (Å²) in [6.45, 7) is 5.96. The molecule has 4 nitrogen and oxygen atoms in total. The molecule has 0 heterocycles. The second kappa shape index (κ2) is 5.51. The zero-order chi connectivity index (χ0) is 12.1. The number of oxime groups is 1. The van der Waals surface area contributed by atoms with Gasteiger partial charge >= 0.3 is 0 Å². The quantitative estimate of drug-likeness (QED) is 0.314. The van der Waals surface area contributed by atoms with Gasteiger partial charge in [0.25, 0.3) is 0 Å². The highest BCUT2D eigenvalue weighted by atomic mass is 16.4. The maximum absolute atomic E-state index is 8.55. The number of amidine groups is 1. The monoisotopic (exact) mass is 221 g/mol. The molecule has 88 valence electrons. The minimum Gasteiger partial charge on any atom is -0.409 e. The van der Waals surface area contributed by atoms with E-state index in [4.69, 9.17) is 10.9 Å². The molecular formula is C12H19N3O. The maximum Gasteiger partial charge on any atom is 0.156 e. The van der Waals surface area contributed by atoms with Crippen molar-refractivity contribution in [2.45, 2.75) is 32.9 Å². The Hall–Kier alpha value is -1.55. The summed E-state index contributed by atoms with van der Waals surface area (Å²) in [7, 11) is 0. The lowest BCUT2D eigenvalue weighted by atomic mass is 10.1. The molecule has 0 aliphatic heterocycles. The second-order valence-electron chi connectivity index (χ2n) is 4.05. The average molecular weight is 221 g/mol. The fraction of sp³-hybridized carbons (Fsp3) is 0.417. The lowest BCUT2D eigenvalue weighted by Crippen LogP contribution is -2.40. The van der Waals surface area contributed by atoms with Gasteiger partial charge in [-0.1, -0.05) is 35.0 Å². The van der Waals surface area contributed by atoms with Crippen molar-refractivity contribution in [2.75, 3.05) is 0 Å². The topological polar surface area (TPSA) is 70.6 Å². The third-order valence-corrected chi connectivity index (χ3v) is 2.64. The molecule has 0 fully saturated rings. The molecule has 4 N–H and O–H groups in total.